The largest absolute Gasteiger partial charge is 0.474 e. The number of halogens is 1. The van der Waals surface area contributed by atoms with Crippen molar-refractivity contribution in [1.82, 2.24) is 10.3 Å². The van der Waals surface area contributed by atoms with Crippen LogP contribution in [0.15, 0.2) is 12.3 Å². The first-order chi connectivity index (χ1) is 8.67. The maximum absolute atomic E-state index is 13.2. The molecule has 0 amide bonds. The zero-order valence-electron chi connectivity index (χ0n) is 11.5. The smallest absolute Gasteiger partial charge is 0.218 e. The molecule has 0 fully saturated rings. The Balaban J connectivity index is 2.69. The van der Waals surface area contributed by atoms with E-state index < -0.39 is 0 Å². The number of hydrogen-bond donors (Lipinski definition) is 1. The molecule has 102 valence electrons. The van der Waals surface area contributed by atoms with Crippen molar-refractivity contribution in [2.45, 2.75) is 52.7 Å². The van der Waals surface area contributed by atoms with Gasteiger partial charge in [-0.1, -0.05) is 20.3 Å². The third kappa shape index (κ3) is 5.00. The molecule has 0 radical (unpaired) electrons. The van der Waals surface area contributed by atoms with Gasteiger partial charge in [-0.3, -0.25) is 0 Å². The Morgan fingerprint density at radius 1 is 1.39 bits per heavy atom. The molecule has 0 aliphatic carbocycles. The SMILES string of the molecule is CCCNCc1cc(F)cnc1OC(C)CCC. The zero-order chi connectivity index (χ0) is 13.4. The quantitative estimate of drug-likeness (QED) is 0.723. The Bertz CT molecular complexity index is 358. The summed E-state index contributed by atoms with van der Waals surface area (Å²) in [5, 5.41) is 3.24. The van der Waals surface area contributed by atoms with Gasteiger partial charge in [0.2, 0.25) is 5.88 Å². The van der Waals surface area contributed by atoms with Crippen LogP contribution in [-0.4, -0.2) is 17.6 Å². The molecule has 0 saturated carbocycles. The van der Waals surface area contributed by atoms with Crippen LogP contribution in [0.5, 0.6) is 5.88 Å². The van der Waals surface area contributed by atoms with Gasteiger partial charge in [-0.05, 0) is 32.4 Å². The van der Waals surface area contributed by atoms with Gasteiger partial charge in [-0.15, -0.1) is 0 Å². The zero-order valence-corrected chi connectivity index (χ0v) is 11.5. The van der Waals surface area contributed by atoms with Gasteiger partial charge >= 0.3 is 0 Å². The molecule has 18 heavy (non-hydrogen) atoms. The number of nitrogens with zero attached hydrogens (tertiary/aromatic N) is 1. The highest BCUT2D eigenvalue weighted by Crippen LogP contribution is 2.18. The van der Waals surface area contributed by atoms with Gasteiger partial charge in [-0.2, -0.15) is 0 Å². The van der Waals surface area contributed by atoms with Crippen molar-refractivity contribution in [3.05, 3.63) is 23.6 Å². The van der Waals surface area contributed by atoms with Gasteiger partial charge in [0.05, 0.1) is 12.3 Å². The lowest BCUT2D eigenvalue weighted by Crippen LogP contribution is -2.18. The second-order valence-electron chi connectivity index (χ2n) is 4.51. The molecule has 1 aromatic heterocycles. The molecular weight excluding hydrogens is 231 g/mol. The summed E-state index contributed by atoms with van der Waals surface area (Å²) in [6, 6.07) is 1.49. The average molecular weight is 254 g/mol. The third-order valence-electron chi connectivity index (χ3n) is 2.64. The van der Waals surface area contributed by atoms with Crippen molar-refractivity contribution >= 4 is 0 Å². The Morgan fingerprint density at radius 3 is 2.83 bits per heavy atom. The molecule has 4 heteroatoms. The van der Waals surface area contributed by atoms with E-state index in [0.717, 1.165) is 31.4 Å². The fraction of sp³-hybridized carbons (Fsp3) is 0.643. The predicted molar refractivity (Wildman–Crippen MR) is 71.2 cm³/mol. The van der Waals surface area contributed by atoms with Crippen LogP contribution < -0.4 is 10.1 Å². The number of aromatic nitrogens is 1. The summed E-state index contributed by atoms with van der Waals surface area (Å²) in [4.78, 5) is 4.04. The molecule has 0 spiro atoms. The molecule has 0 aliphatic rings. The molecule has 0 bridgehead atoms. The standard InChI is InChI=1S/C14H23FN2O/c1-4-6-11(3)18-14-12(9-16-7-5-2)8-13(15)10-17-14/h8,10-11,16H,4-7,9H2,1-3H3. The van der Waals surface area contributed by atoms with E-state index >= 15 is 0 Å². The summed E-state index contributed by atoms with van der Waals surface area (Å²) in [5.41, 5.74) is 0.784. The second kappa shape index (κ2) is 8.03. The van der Waals surface area contributed by atoms with E-state index in [0.29, 0.717) is 12.4 Å². The Labute approximate surface area is 109 Å². The molecule has 1 N–H and O–H groups in total. The third-order valence-corrected chi connectivity index (χ3v) is 2.64. The van der Waals surface area contributed by atoms with Gasteiger partial charge in [-0.25, -0.2) is 9.37 Å². The number of rotatable bonds is 8. The van der Waals surface area contributed by atoms with Crippen molar-refractivity contribution in [3.8, 4) is 5.88 Å². The predicted octanol–water partition coefficient (Wildman–Crippen LogP) is 3.29. The minimum Gasteiger partial charge on any atom is -0.474 e. The summed E-state index contributed by atoms with van der Waals surface area (Å²) in [6.45, 7) is 7.71. The van der Waals surface area contributed by atoms with Crippen LogP contribution in [0.25, 0.3) is 0 Å². The van der Waals surface area contributed by atoms with Crippen LogP contribution in [0.4, 0.5) is 4.39 Å². The van der Waals surface area contributed by atoms with E-state index in [9.17, 15) is 4.39 Å². The average Bonchev–Trinajstić information content (AvgIpc) is 2.33. The van der Waals surface area contributed by atoms with Gasteiger partial charge in [0.1, 0.15) is 5.82 Å². The fourth-order valence-electron chi connectivity index (χ4n) is 1.76. The highest BCUT2D eigenvalue weighted by atomic mass is 19.1. The Morgan fingerprint density at radius 2 is 2.17 bits per heavy atom. The Hall–Kier alpha value is -1.16. The first-order valence-corrected chi connectivity index (χ1v) is 6.69. The minimum absolute atomic E-state index is 0.109. The molecule has 3 nitrogen and oxygen atoms in total. The van der Waals surface area contributed by atoms with Crippen molar-refractivity contribution in [2.24, 2.45) is 0 Å². The number of nitrogens with one attached hydrogen (secondary N) is 1. The fourth-order valence-corrected chi connectivity index (χ4v) is 1.76. The van der Waals surface area contributed by atoms with Crippen LogP contribution in [0.3, 0.4) is 0 Å². The molecule has 0 saturated heterocycles. The van der Waals surface area contributed by atoms with Crippen molar-refractivity contribution < 1.29 is 9.13 Å². The van der Waals surface area contributed by atoms with E-state index in [-0.39, 0.29) is 11.9 Å². The summed E-state index contributed by atoms with van der Waals surface area (Å²) in [6.07, 6.45) is 4.40. The van der Waals surface area contributed by atoms with E-state index in [4.69, 9.17) is 4.74 Å². The summed E-state index contributed by atoms with van der Waals surface area (Å²) in [5.74, 6) is 0.222. The maximum atomic E-state index is 13.2. The summed E-state index contributed by atoms with van der Waals surface area (Å²) in [7, 11) is 0. The lowest BCUT2D eigenvalue weighted by molar-refractivity contribution is 0.198. The molecule has 1 heterocycles. The van der Waals surface area contributed by atoms with Gasteiger partial charge in [0.15, 0.2) is 0 Å². The lowest BCUT2D eigenvalue weighted by atomic mass is 10.2. The van der Waals surface area contributed by atoms with Crippen LogP contribution in [0, 0.1) is 5.82 Å². The molecule has 0 aromatic carbocycles. The lowest BCUT2D eigenvalue weighted by Gasteiger charge is -2.16. The van der Waals surface area contributed by atoms with E-state index in [1.54, 1.807) is 0 Å². The van der Waals surface area contributed by atoms with E-state index in [2.05, 4.69) is 24.1 Å². The minimum atomic E-state index is -0.321. The first kappa shape index (κ1) is 14.9. The topological polar surface area (TPSA) is 34.2 Å². The van der Waals surface area contributed by atoms with Crippen molar-refractivity contribution in [3.63, 3.8) is 0 Å². The monoisotopic (exact) mass is 254 g/mol. The molecule has 1 aromatic rings. The van der Waals surface area contributed by atoms with Crippen LogP contribution in [-0.2, 0) is 6.54 Å². The Kier molecular flexibility index (Phi) is 6.65. The molecule has 1 atom stereocenters. The van der Waals surface area contributed by atoms with Gasteiger partial charge in [0, 0.05) is 12.1 Å². The summed E-state index contributed by atoms with van der Waals surface area (Å²) >= 11 is 0. The highest BCUT2D eigenvalue weighted by molar-refractivity contribution is 5.26. The normalized spacial score (nSPS) is 12.4. The molecule has 0 aliphatic heterocycles. The molecule has 1 unspecified atom stereocenters. The van der Waals surface area contributed by atoms with Crippen LogP contribution in [0.1, 0.15) is 45.6 Å². The van der Waals surface area contributed by atoms with Crippen molar-refractivity contribution in [2.75, 3.05) is 6.54 Å². The van der Waals surface area contributed by atoms with Crippen LogP contribution in [0.2, 0.25) is 0 Å². The maximum Gasteiger partial charge on any atom is 0.218 e. The van der Waals surface area contributed by atoms with Gasteiger partial charge in [0.25, 0.3) is 0 Å². The highest BCUT2D eigenvalue weighted by Gasteiger charge is 2.10. The number of hydrogen-bond acceptors (Lipinski definition) is 3. The van der Waals surface area contributed by atoms with Crippen molar-refractivity contribution in [1.29, 1.82) is 0 Å². The first-order valence-electron chi connectivity index (χ1n) is 6.69. The molecule has 1 rings (SSSR count). The number of ether oxygens (including phenoxy) is 1. The number of pyridine rings is 1. The van der Waals surface area contributed by atoms with Gasteiger partial charge < -0.3 is 10.1 Å². The van der Waals surface area contributed by atoms with E-state index in [1.165, 1.54) is 12.3 Å². The van der Waals surface area contributed by atoms with Crippen LogP contribution >= 0.6 is 0 Å². The second-order valence-corrected chi connectivity index (χ2v) is 4.51. The van der Waals surface area contributed by atoms with E-state index in [1.807, 2.05) is 6.92 Å². The molecular formula is C14H23FN2O. The summed E-state index contributed by atoms with van der Waals surface area (Å²) < 4.78 is 18.9.